The van der Waals surface area contributed by atoms with Crippen molar-refractivity contribution in [1.82, 2.24) is 19.0 Å². The predicted octanol–water partition coefficient (Wildman–Crippen LogP) is 1.43. The molecule has 0 radical (unpaired) electrons. The fraction of sp³-hybridized carbons (Fsp3) is 0.200. The van der Waals surface area contributed by atoms with Crippen molar-refractivity contribution >= 4 is 46.7 Å². The van der Waals surface area contributed by atoms with Crippen LogP contribution in [0.2, 0.25) is 0 Å². The Kier molecular flexibility index (Phi) is 8.69. The lowest BCUT2D eigenvalue weighted by Gasteiger charge is -2.03. The number of carboxylic acids is 1. The molecular formula is C25H26N8O6. The van der Waals surface area contributed by atoms with Crippen LogP contribution in [0, 0.1) is 11.3 Å². The number of aromatic nitrogens is 3. The molecule has 0 bridgehead atoms. The van der Waals surface area contributed by atoms with E-state index >= 15 is 0 Å². The largest absolute Gasteiger partial charge is 0.477 e. The van der Waals surface area contributed by atoms with Gasteiger partial charge in [-0.3, -0.25) is 19.2 Å². The van der Waals surface area contributed by atoms with Crippen LogP contribution in [0.25, 0.3) is 0 Å². The Hall–Kier alpha value is -5.58. The maximum Gasteiger partial charge on any atom is 0.352 e. The van der Waals surface area contributed by atoms with Crippen LogP contribution in [0.15, 0.2) is 48.9 Å². The second-order valence-corrected chi connectivity index (χ2v) is 8.41. The smallest absolute Gasteiger partial charge is 0.352 e. The lowest BCUT2D eigenvalue weighted by Crippen LogP contribution is -2.25. The van der Waals surface area contributed by atoms with Gasteiger partial charge in [0.05, 0.1) is 29.6 Å². The highest BCUT2D eigenvalue weighted by molar-refractivity contribution is 6.08. The van der Waals surface area contributed by atoms with Gasteiger partial charge in [-0.05, 0) is 18.2 Å². The molecule has 3 aromatic heterocycles. The van der Waals surface area contributed by atoms with Crippen LogP contribution < -0.4 is 21.3 Å². The SMILES string of the molecule is Cn1cc(NC(=O)/C=C\C(=O)Nc2cc(C(=O)Nc3cc(C(=O)NCCC#N)n(C)c3)n(C)c2)cc1C(=O)O. The molecule has 0 saturated carbocycles. The maximum atomic E-state index is 12.8. The number of nitriles is 1. The number of nitrogens with one attached hydrogen (secondary N) is 4. The Morgan fingerprint density at radius 2 is 1.21 bits per heavy atom. The number of carbonyl (C=O) groups excluding carboxylic acids is 4. The summed E-state index contributed by atoms with van der Waals surface area (Å²) in [5.74, 6) is -3.28. The van der Waals surface area contributed by atoms with E-state index in [0.717, 1.165) is 12.2 Å². The number of amides is 4. The molecule has 39 heavy (non-hydrogen) atoms. The van der Waals surface area contributed by atoms with E-state index in [4.69, 9.17) is 10.4 Å². The standard InChI is InChI=1S/C25H26N8O6/c1-31-14-17(10-18(31)23(36)27-8-4-7-26)30-24(37)19-9-15(12-32(19)2)28-21(34)5-6-22(35)29-16-11-20(25(38)39)33(3)13-16/h5-6,9-14H,4,8H2,1-3H3,(H,27,36)(H,28,34)(H,29,35)(H,30,37)(H,38,39)/b6-5-. The molecule has 14 heteroatoms. The van der Waals surface area contributed by atoms with Crippen molar-refractivity contribution in [2.45, 2.75) is 6.42 Å². The second kappa shape index (κ2) is 12.1. The second-order valence-electron chi connectivity index (χ2n) is 8.41. The Morgan fingerprint density at radius 3 is 1.67 bits per heavy atom. The molecule has 0 aliphatic carbocycles. The zero-order chi connectivity index (χ0) is 28.7. The molecule has 5 N–H and O–H groups in total. The monoisotopic (exact) mass is 534 g/mol. The number of hydrogen-bond donors (Lipinski definition) is 5. The van der Waals surface area contributed by atoms with Crippen molar-refractivity contribution in [3.05, 3.63) is 66.0 Å². The first-order valence-electron chi connectivity index (χ1n) is 11.5. The number of rotatable bonds is 10. The topological polar surface area (TPSA) is 192 Å². The molecule has 0 saturated heterocycles. The summed E-state index contributed by atoms with van der Waals surface area (Å²) >= 11 is 0. The molecule has 4 amide bonds. The summed E-state index contributed by atoms with van der Waals surface area (Å²) in [4.78, 5) is 60.5. The molecule has 202 valence electrons. The van der Waals surface area contributed by atoms with Crippen molar-refractivity contribution in [3.63, 3.8) is 0 Å². The van der Waals surface area contributed by atoms with Gasteiger partial charge in [-0.15, -0.1) is 0 Å². The molecule has 0 aliphatic heterocycles. The van der Waals surface area contributed by atoms with Gasteiger partial charge in [0.15, 0.2) is 0 Å². The number of aryl methyl sites for hydroxylation is 3. The molecular weight excluding hydrogens is 508 g/mol. The minimum absolute atomic E-state index is 0.0128. The lowest BCUT2D eigenvalue weighted by atomic mass is 10.3. The van der Waals surface area contributed by atoms with E-state index < -0.39 is 23.7 Å². The lowest BCUT2D eigenvalue weighted by molar-refractivity contribution is -0.114. The molecule has 14 nitrogen and oxygen atoms in total. The summed E-state index contributed by atoms with van der Waals surface area (Å²) in [6, 6.07) is 6.16. The first-order chi connectivity index (χ1) is 18.5. The summed E-state index contributed by atoms with van der Waals surface area (Å²) in [5, 5.41) is 28.0. The molecule has 0 unspecified atom stereocenters. The number of aromatic carboxylic acids is 1. The van der Waals surface area contributed by atoms with E-state index in [1.165, 1.54) is 46.8 Å². The first kappa shape index (κ1) is 28.0. The van der Waals surface area contributed by atoms with Crippen LogP contribution in [0.4, 0.5) is 17.1 Å². The molecule has 0 spiro atoms. The minimum atomic E-state index is -1.15. The molecule has 0 aliphatic rings. The van der Waals surface area contributed by atoms with Crippen LogP contribution in [0.5, 0.6) is 0 Å². The van der Waals surface area contributed by atoms with Crippen LogP contribution in [0.1, 0.15) is 37.9 Å². The van der Waals surface area contributed by atoms with E-state index in [9.17, 15) is 24.0 Å². The zero-order valence-corrected chi connectivity index (χ0v) is 21.3. The van der Waals surface area contributed by atoms with E-state index in [-0.39, 0.29) is 35.9 Å². The van der Waals surface area contributed by atoms with Crippen molar-refractivity contribution in [1.29, 1.82) is 5.26 Å². The zero-order valence-electron chi connectivity index (χ0n) is 21.3. The molecule has 0 fully saturated rings. The van der Waals surface area contributed by atoms with Gasteiger partial charge < -0.3 is 40.1 Å². The fourth-order valence-corrected chi connectivity index (χ4v) is 3.60. The van der Waals surface area contributed by atoms with Crippen LogP contribution >= 0.6 is 0 Å². The summed E-state index contributed by atoms with van der Waals surface area (Å²) in [5.41, 5.74) is 1.44. The van der Waals surface area contributed by atoms with E-state index in [1.807, 2.05) is 6.07 Å². The van der Waals surface area contributed by atoms with Crippen molar-refractivity contribution in [2.24, 2.45) is 21.1 Å². The van der Waals surface area contributed by atoms with Crippen molar-refractivity contribution in [3.8, 4) is 6.07 Å². The third-order valence-corrected chi connectivity index (χ3v) is 5.40. The van der Waals surface area contributed by atoms with Gasteiger partial charge in [-0.1, -0.05) is 0 Å². The number of nitrogens with zero attached hydrogens (tertiary/aromatic N) is 4. The summed E-state index contributed by atoms with van der Waals surface area (Å²) in [6.07, 6.45) is 6.67. The van der Waals surface area contributed by atoms with Crippen LogP contribution in [-0.2, 0) is 30.7 Å². The number of hydrogen-bond acceptors (Lipinski definition) is 6. The predicted molar refractivity (Wildman–Crippen MR) is 140 cm³/mol. The van der Waals surface area contributed by atoms with Gasteiger partial charge >= 0.3 is 5.97 Å². The molecule has 3 aromatic rings. The van der Waals surface area contributed by atoms with Gasteiger partial charge in [0, 0.05) is 58.4 Å². The van der Waals surface area contributed by atoms with E-state index in [1.54, 1.807) is 24.9 Å². The molecule has 3 heterocycles. The van der Waals surface area contributed by atoms with Gasteiger partial charge in [-0.25, -0.2) is 4.79 Å². The number of carboxylic acid groups (broad SMARTS) is 1. The molecule has 0 aromatic carbocycles. The van der Waals surface area contributed by atoms with Gasteiger partial charge in [0.1, 0.15) is 17.1 Å². The highest BCUT2D eigenvalue weighted by atomic mass is 16.4. The van der Waals surface area contributed by atoms with Gasteiger partial charge in [0.25, 0.3) is 11.8 Å². The maximum absolute atomic E-state index is 12.8. The third-order valence-electron chi connectivity index (χ3n) is 5.40. The van der Waals surface area contributed by atoms with Gasteiger partial charge in [0.2, 0.25) is 11.8 Å². The Balaban J connectivity index is 1.58. The average Bonchev–Trinajstić information content (AvgIpc) is 3.53. The molecule has 0 atom stereocenters. The Labute approximate surface area is 222 Å². The van der Waals surface area contributed by atoms with E-state index in [0.29, 0.717) is 17.1 Å². The fourth-order valence-electron chi connectivity index (χ4n) is 3.60. The quantitative estimate of drug-likeness (QED) is 0.192. The highest BCUT2D eigenvalue weighted by Gasteiger charge is 2.17. The normalized spacial score (nSPS) is 10.6. The van der Waals surface area contributed by atoms with E-state index in [2.05, 4.69) is 21.3 Å². The summed E-state index contributed by atoms with van der Waals surface area (Å²) in [7, 11) is 4.77. The van der Waals surface area contributed by atoms with Gasteiger partial charge in [-0.2, -0.15) is 5.26 Å². The van der Waals surface area contributed by atoms with Crippen LogP contribution in [-0.4, -0.2) is 55.0 Å². The highest BCUT2D eigenvalue weighted by Crippen LogP contribution is 2.18. The Morgan fingerprint density at radius 1 is 0.769 bits per heavy atom. The first-order valence-corrected chi connectivity index (χ1v) is 11.5. The summed E-state index contributed by atoms with van der Waals surface area (Å²) in [6.45, 7) is 0.209. The van der Waals surface area contributed by atoms with Crippen molar-refractivity contribution < 1.29 is 29.1 Å². The van der Waals surface area contributed by atoms with Crippen LogP contribution in [0.3, 0.4) is 0 Å². The number of carbonyl (C=O) groups is 5. The summed E-state index contributed by atoms with van der Waals surface area (Å²) < 4.78 is 4.37. The average molecular weight is 535 g/mol. The van der Waals surface area contributed by atoms with Crippen molar-refractivity contribution in [2.75, 3.05) is 22.5 Å². The minimum Gasteiger partial charge on any atom is -0.477 e. The number of anilines is 3. The Bertz CT molecular complexity index is 1520. The molecule has 3 rings (SSSR count). The third kappa shape index (κ3) is 7.23.